The van der Waals surface area contributed by atoms with Crippen LogP contribution in [0.5, 0.6) is 0 Å². The van der Waals surface area contributed by atoms with Gasteiger partial charge in [-0.2, -0.15) is 0 Å². The van der Waals surface area contributed by atoms with Crippen LogP contribution in [0.3, 0.4) is 0 Å². The normalized spacial score (nSPS) is 18.1. The molecule has 138 valence electrons. The van der Waals surface area contributed by atoms with E-state index in [1.165, 1.54) is 67.9 Å². The van der Waals surface area contributed by atoms with Gasteiger partial charge in [0, 0.05) is 50.1 Å². The number of hydrogen-bond donors (Lipinski definition) is 1. The number of hydrogen-bond acceptors (Lipinski definition) is 3. The molecule has 1 N–H and O–H groups in total. The van der Waals surface area contributed by atoms with Gasteiger partial charge in [-0.3, -0.25) is 0 Å². The van der Waals surface area contributed by atoms with E-state index in [4.69, 9.17) is 0 Å². The zero-order valence-corrected chi connectivity index (χ0v) is 16.0. The van der Waals surface area contributed by atoms with Crippen LogP contribution in [0.15, 0.2) is 48.5 Å². The Hall–Kier alpha value is -2.00. The number of piperidine rings is 1. The molecule has 3 nitrogen and oxygen atoms in total. The molecule has 2 aliphatic rings. The summed E-state index contributed by atoms with van der Waals surface area (Å²) in [5.41, 5.74) is 5.70. The van der Waals surface area contributed by atoms with E-state index in [2.05, 4.69) is 70.6 Å². The van der Waals surface area contributed by atoms with Crippen molar-refractivity contribution in [2.45, 2.75) is 38.6 Å². The number of rotatable bonds is 6. The summed E-state index contributed by atoms with van der Waals surface area (Å²) >= 11 is 0. The van der Waals surface area contributed by atoms with Crippen LogP contribution in [-0.4, -0.2) is 43.7 Å². The molecule has 0 bridgehead atoms. The van der Waals surface area contributed by atoms with E-state index in [9.17, 15) is 0 Å². The first-order valence-electron chi connectivity index (χ1n) is 10.2. The molecule has 0 spiro atoms. The molecule has 0 aliphatic carbocycles. The van der Waals surface area contributed by atoms with Gasteiger partial charge in [0.2, 0.25) is 0 Å². The van der Waals surface area contributed by atoms with Crippen LogP contribution in [0.4, 0.5) is 11.4 Å². The highest BCUT2D eigenvalue weighted by atomic mass is 15.2. The quantitative estimate of drug-likeness (QED) is 0.844. The fourth-order valence-corrected chi connectivity index (χ4v) is 4.48. The second kappa shape index (κ2) is 8.13. The number of nitrogens with zero attached hydrogens (tertiary/aromatic N) is 2. The largest absolute Gasteiger partial charge is 0.385 e. The lowest BCUT2D eigenvalue weighted by molar-refractivity contribution is 0.212. The SMILES string of the molecule is CCNc1ccc(CCN2CCC(N3CCc4ccccc43)CC2)cc1. The molecular weight excluding hydrogens is 318 g/mol. The van der Waals surface area contributed by atoms with E-state index < -0.39 is 0 Å². The Kier molecular flexibility index (Phi) is 5.45. The van der Waals surface area contributed by atoms with Gasteiger partial charge < -0.3 is 15.1 Å². The van der Waals surface area contributed by atoms with Gasteiger partial charge in [0.05, 0.1) is 0 Å². The minimum atomic E-state index is 0.731. The Labute approximate surface area is 158 Å². The maximum Gasteiger partial charge on any atom is 0.0402 e. The average molecular weight is 350 g/mol. The van der Waals surface area contributed by atoms with Gasteiger partial charge in [-0.15, -0.1) is 0 Å². The van der Waals surface area contributed by atoms with Crippen LogP contribution in [0.1, 0.15) is 30.9 Å². The number of benzene rings is 2. The van der Waals surface area contributed by atoms with Gasteiger partial charge in [-0.1, -0.05) is 30.3 Å². The molecule has 0 amide bonds. The molecule has 2 aromatic carbocycles. The van der Waals surface area contributed by atoms with Gasteiger partial charge in [0.15, 0.2) is 0 Å². The third-order valence-corrected chi connectivity index (χ3v) is 5.97. The highest BCUT2D eigenvalue weighted by Crippen LogP contribution is 2.32. The molecule has 3 heteroatoms. The van der Waals surface area contributed by atoms with Crippen molar-refractivity contribution in [3.63, 3.8) is 0 Å². The Morgan fingerprint density at radius 1 is 0.962 bits per heavy atom. The Morgan fingerprint density at radius 3 is 2.50 bits per heavy atom. The predicted octanol–water partition coefficient (Wildman–Crippen LogP) is 4.19. The van der Waals surface area contributed by atoms with E-state index in [1.807, 2.05) is 0 Å². The lowest BCUT2D eigenvalue weighted by Crippen LogP contribution is -2.44. The Bertz CT molecular complexity index is 702. The van der Waals surface area contributed by atoms with E-state index in [0.717, 1.165) is 19.0 Å². The van der Waals surface area contributed by atoms with Crippen molar-refractivity contribution < 1.29 is 0 Å². The molecule has 0 radical (unpaired) electrons. The minimum Gasteiger partial charge on any atom is -0.385 e. The highest BCUT2D eigenvalue weighted by molar-refractivity contribution is 5.58. The van der Waals surface area contributed by atoms with Crippen LogP contribution in [0, 0.1) is 0 Å². The van der Waals surface area contributed by atoms with E-state index >= 15 is 0 Å². The zero-order valence-electron chi connectivity index (χ0n) is 16.0. The van der Waals surface area contributed by atoms with Crippen molar-refractivity contribution in [2.75, 3.05) is 42.9 Å². The summed E-state index contributed by atoms with van der Waals surface area (Å²) in [5, 5.41) is 3.36. The summed E-state index contributed by atoms with van der Waals surface area (Å²) in [4.78, 5) is 5.32. The zero-order chi connectivity index (χ0) is 17.8. The number of para-hydroxylation sites is 1. The average Bonchev–Trinajstić information content (AvgIpc) is 3.12. The summed E-state index contributed by atoms with van der Waals surface area (Å²) in [7, 11) is 0. The number of nitrogens with one attached hydrogen (secondary N) is 1. The fraction of sp³-hybridized carbons (Fsp3) is 0.478. The molecule has 0 aromatic heterocycles. The monoisotopic (exact) mass is 349 g/mol. The van der Waals surface area contributed by atoms with Crippen molar-refractivity contribution in [3.8, 4) is 0 Å². The second-order valence-electron chi connectivity index (χ2n) is 7.62. The van der Waals surface area contributed by atoms with Crippen molar-refractivity contribution in [1.29, 1.82) is 0 Å². The van der Waals surface area contributed by atoms with Crippen molar-refractivity contribution in [1.82, 2.24) is 4.90 Å². The Balaban J connectivity index is 1.25. The molecule has 4 rings (SSSR count). The van der Waals surface area contributed by atoms with Gasteiger partial charge in [-0.25, -0.2) is 0 Å². The van der Waals surface area contributed by atoms with Crippen molar-refractivity contribution in [2.24, 2.45) is 0 Å². The molecule has 2 heterocycles. The molecule has 2 aliphatic heterocycles. The fourth-order valence-electron chi connectivity index (χ4n) is 4.48. The van der Waals surface area contributed by atoms with Gasteiger partial charge in [-0.05, 0) is 61.9 Å². The molecule has 0 unspecified atom stereocenters. The first-order chi connectivity index (χ1) is 12.8. The minimum absolute atomic E-state index is 0.731. The lowest BCUT2D eigenvalue weighted by Gasteiger charge is -2.38. The van der Waals surface area contributed by atoms with Crippen LogP contribution in [-0.2, 0) is 12.8 Å². The Morgan fingerprint density at radius 2 is 1.73 bits per heavy atom. The lowest BCUT2D eigenvalue weighted by atomic mass is 10.0. The van der Waals surface area contributed by atoms with Gasteiger partial charge >= 0.3 is 0 Å². The summed E-state index contributed by atoms with van der Waals surface area (Å²) < 4.78 is 0. The summed E-state index contributed by atoms with van der Waals surface area (Å²) in [5.74, 6) is 0. The van der Waals surface area contributed by atoms with Crippen LogP contribution < -0.4 is 10.2 Å². The standard InChI is InChI=1S/C23H31N3/c1-2-24-21-9-7-19(8-10-21)11-15-25-16-13-22(14-17-25)26-18-12-20-5-3-4-6-23(20)26/h3-10,22,24H,2,11-18H2,1H3. The molecule has 0 atom stereocenters. The number of anilines is 2. The predicted molar refractivity (Wildman–Crippen MR) is 111 cm³/mol. The smallest absolute Gasteiger partial charge is 0.0402 e. The third kappa shape index (κ3) is 3.88. The molecular formula is C23H31N3. The third-order valence-electron chi connectivity index (χ3n) is 5.97. The molecule has 26 heavy (non-hydrogen) atoms. The summed E-state index contributed by atoms with van der Waals surface area (Å²) in [6.07, 6.45) is 4.98. The number of likely N-dealkylation sites (tertiary alicyclic amines) is 1. The van der Waals surface area contributed by atoms with Crippen LogP contribution >= 0.6 is 0 Å². The van der Waals surface area contributed by atoms with E-state index in [-0.39, 0.29) is 0 Å². The summed E-state index contributed by atoms with van der Waals surface area (Å²) in [6, 6.07) is 18.7. The van der Waals surface area contributed by atoms with Crippen LogP contribution in [0.2, 0.25) is 0 Å². The topological polar surface area (TPSA) is 18.5 Å². The van der Waals surface area contributed by atoms with Crippen molar-refractivity contribution in [3.05, 3.63) is 59.7 Å². The molecule has 1 fully saturated rings. The first kappa shape index (κ1) is 17.4. The maximum atomic E-state index is 3.36. The van der Waals surface area contributed by atoms with Gasteiger partial charge in [0.25, 0.3) is 0 Å². The maximum absolute atomic E-state index is 3.36. The number of fused-ring (bicyclic) bond motifs is 1. The molecule has 0 saturated carbocycles. The summed E-state index contributed by atoms with van der Waals surface area (Å²) in [6.45, 7) is 7.98. The molecule has 2 aromatic rings. The second-order valence-corrected chi connectivity index (χ2v) is 7.62. The first-order valence-corrected chi connectivity index (χ1v) is 10.2. The van der Waals surface area contributed by atoms with Crippen molar-refractivity contribution >= 4 is 11.4 Å². The van der Waals surface area contributed by atoms with E-state index in [0.29, 0.717) is 0 Å². The van der Waals surface area contributed by atoms with E-state index in [1.54, 1.807) is 0 Å². The van der Waals surface area contributed by atoms with Gasteiger partial charge in [0.1, 0.15) is 0 Å². The highest BCUT2D eigenvalue weighted by Gasteiger charge is 2.28. The van der Waals surface area contributed by atoms with Crippen LogP contribution in [0.25, 0.3) is 0 Å². The molecule has 1 saturated heterocycles.